The molecule has 21 heavy (non-hydrogen) atoms. The zero-order valence-corrected chi connectivity index (χ0v) is 11.2. The number of halogens is 1. The van der Waals surface area contributed by atoms with Crippen molar-refractivity contribution in [3.8, 4) is 0 Å². The molecular weight excluding hydrogens is 283 g/mol. The van der Waals surface area contributed by atoms with Crippen LogP contribution in [0.15, 0.2) is 18.2 Å². The molecule has 1 aromatic rings. The smallest absolute Gasteiger partial charge is 0.273 e. The van der Waals surface area contributed by atoms with Gasteiger partial charge in [0, 0.05) is 24.8 Å². The number of nitro groups is 1. The van der Waals surface area contributed by atoms with Gasteiger partial charge in [-0.3, -0.25) is 14.9 Å². The lowest BCUT2D eigenvalue weighted by Crippen LogP contribution is -2.54. The van der Waals surface area contributed by atoms with Crippen LogP contribution in [0, 0.1) is 15.9 Å². The molecule has 0 radical (unpaired) electrons. The summed E-state index contributed by atoms with van der Waals surface area (Å²) in [5.41, 5.74) is -1.48. The topological polar surface area (TPSA) is 102 Å². The quantitative estimate of drug-likeness (QED) is 0.638. The lowest BCUT2D eigenvalue weighted by molar-refractivity contribution is -0.385. The predicted molar refractivity (Wildman–Crippen MR) is 70.4 cm³/mol. The second-order valence-electron chi connectivity index (χ2n) is 4.96. The predicted octanol–water partition coefficient (Wildman–Crippen LogP) is 1.01. The first-order valence-electron chi connectivity index (χ1n) is 6.42. The number of non-ortho nitro benzene ring substituents is 1. The molecule has 0 aromatic heterocycles. The molecule has 2 rings (SSSR count). The molecule has 1 aromatic carbocycles. The molecule has 0 saturated carbocycles. The van der Waals surface area contributed by atoms with Gasteiger partial charge in [0.05, 0.1) is 23.1 Å². The van der Waals surface area contributed by atoms with Crippen LogP contribution in [0.1, 0.15) is 23.2 Å². The number of aliphatic hydroxyl groups is 1. The minimum Gasteiger partial charge on any atom is -0.394 e. The second kappa shape index (κ2) is 6.15. The Labute approximate surface area is 119 Å². The van der Waals surface area contributed by atoms with E-state index in [9.17, 15) is 24.4 Å². The number of nitrogens with one attached hydrogen (secondary N) is 1. The summed E-state index contributed by atoms with van der Waals surface area (Å²) in [4.78, 5) is 22.1. The van der Waals surface area contributed by atoms with E-state index in [-0.39, 0.29) is 12.2 Å². The maximum atomic E-state index is 13.4. The number of nitro benzene ring substituents is 1. The van der Waals surface area contributed by atoms with Crippen molar-refractivity contribution in [2.75, 3.05) is 19.8 Å². The number of hydrogen-bond acceptors (Lipinski definition) is 5. The molecule has 0 bridgehead atoms. The molecule has 0 unspecified atom stereocenters. The van der Waals surface area contributed by atoms with E-state index < -0.39 is 27.9 Å². The molecule has 0 aliphatic carbocycles. The molecule has 1 fully saturated rings. The van der Waals surface area contributed by atoms with Crippen LogP contribution in [0.25, 0.3) is 0 Å². The Morgan fingerprint density at radius 1 is 1.43 bits per heavy atom. The highest BCUT2D eigenvalue weighted by Gasteiger charge is 2.34. The van der Waals surface area contributed by atoms with E-state index in [1.165, 1.54) is 0 Å². The van der Waals surface area contributed by atoms with Crippen LogP contribution in [0.4, 0.5) is 10.1 Å². The van der Waals surface area contributed by atoms with Gasteiger partial charge in [-0.05, 0) is 18.9 Å². The highest BCUT2D eigenvalue weighted by atomic mass is 19.1. The molecule has 7 nitrogen and oxygen atoms in total. The summed E-state index contributed by atoms with van der Waals surface area (Å²) in [5.74, 6) is -1.52. The largest absolute Gasteiger partial charge is 0.394 e. The fraction of sp³-hybridized carbons (Fsp3) is 0.462. The van der Waals surface area contributed by atoms with Crippen LogP contribution in [0.2, 0.25) is 0 Å². The number of carbonyl (C=O) groups is 1. The third kappa shape index (κ3) is 3.53. The average molecular weight is 298 g/mol. The fourth-order valence-corrected chi connectivity index (χ4v) is 2.21. The van der Waals surface area contributed by atoms with Gasteiger partial charge >= 0.3 is 0 Å². The van der Waals surface area contributed by atoms with Gasteiger partial charge in [-0.25, -0.2) is 4.39 Å². The molecule has 0 atom stereocenters. The zero-order chi connectivity index (χ0) is 15.5. The Bertz CT molecular complexity index is 557. The maximum Gasteiger partial charge on any atom is 0.273 e. The number of benzene rings is 1. The second-order valence-corrected chi connectivity index (χ2v) is 4.96. The van der Waals surface area contributed by atoms with E-state index in [1.54, 1.807) is 0 Å². The van der Waals surface area contributed by atoms with Gasteiger partial charge in [0.25, 0.3) is 11.6 Å². The number of rotatable bonds is 4. The molecule has 1 heterocycles. The molecule has 1 amide bonds. The lowest BCUT2D eigenvalue weighted by Gasteiger charge is -2.36. The van der Waals surface area contributed by atoms with E-state index in [0.717, 1.165) is 18.2 Å². The zero-order valence-electron chi connectivity index (χ0n) is 11.2. The van der Waals surface area contributed by atoms with Crippen LogP contribution >= 0.6 is 0 Å². The van der Waals surface area contributed by atoms with Crippen LogP contribution in [-0.2, 0) is 4.74 Å². The van der Waals surface area contributed by atoms with Crippen molar-refractivity contribution >= 4 is 11.6 Å². The summed E-state index contributed by atoms with van der Waals surface area (Å²) in [6, 6.07) is 2.67. The summed E-state index contributed by atoms with van der Waals surface area (Å²) in [6.07, 6.45) is 0.847. The fourth-order valence-electron chi connectivity index (χ4n) is 2.21. The normalized spacial score (nSPS) is 17.2. The van der Waals surface area contributed by atoms with Gasteiger partial charge in [-0.2, -0.15) is 0 Å². The van der Waals surface area contributed by atoms with Crippen LogP contribution in [-0.4, -0.2) is 41.3 Å². The highest BCUT2D eigenvalue weighted by molar-refractivity contribution is 5.95. The SMILES string of the molecule is O=C(NC1(CO)CCOCC1)c1cc(F)cc([N+](=O)[O-])c1. The van der Waals surface area contributed by atoms with Crippen molar-refractivity contribution in [1.82, 2.24) is 5.32 Å². The number of aliphatic hydroxyl groups excluding tert-OH is 1. The van der Waals surface area contributed by atoms with E-state index in [4.69, 9.17) is 4.74 Å². The third-order valence-corrected chi connectivity index (χ3v) is 3.49. The first-order valence-corrected chi connectivity index (χ1v) is 6.42. The van der Waals surface area contributed by atoms with Crippen LogP contribution in [0.3, 0.4) is 0 Å². The van der Waals surface area contributed by atoms with Crippen molar-refractivity contribution in [1.29, 1.82) is 0 Å². The summed E-state index contributed by atoms with van der Waals surface area (Å²) in [7, 11) is 0. The first kappa shape index (κ1) is 15.3. The molecule has 1 aliphatic rings. The highest BCUT2D eigenvalue weighted by Crippen LogP contribution is 2.22. The summed E-state index contributed by atoms with van der Waals surface area (Å²) < 4.78 is 18.5. The standard InChI is InChI=1S/C13H15FN2O5/c14-10-5-9(6-11(7-10)16(19)20)12(18)15-13(8-17)1-3-21-4-2-13/h5-7,17H,1-4,8H2,(H,15,18). The Hall–Kier alpha value is -2.06. The van der Waals surface area contributed by atoms with Crippen molar-refractivity contribution in [3.05, 3.63) is 39.7 Å². The van der Waals surface area contributed by atoms with E-state index >= 15 is 0 Å². The Kier molecular flexibility index (Phi) is 4.49. The van der Waals surface area contributed by atoms with Gasteiger partial charge < -0.3 is 15.2 Å². The number of hydrogen-bond donors (Lipinski definition) is 2. The number of amides is 1. The maximum absolute atomic E-state index is 13.4. The Morgan fingerprint density at radius 3 is 2.67 bits per heavy atom. The van der Waals surface area contributed by atoms with Crippen molar-refractivity contribution in [2.45, 2.75) is 18.4 Å². The first-order chi connectivity index (χ1) is 9.96. The Balaban J connectivity index is 2.21. The van der Waals surface area contributed by atoms with E-state index in [2.05, 4.69) is 5.32 Å². The van der Waals surface area contributed by atoms with Crippen LogP contribution in [0.5, 0.6) is 0 Å². The van der Waals surface area contributed by atoms with E-state index in [1.807, 2.05) is 0 Å². The molecule has 8 heteroatoms. The van der Waals surface area contributed by atoms with Gasteiger partial charge in [0.1, 0.15) is 5.82 Å². The molecular formula is C13H15FN2O5. The van der Waals surface area contributed by atoms with Gasteiger partial charge in [0.15, 0.2) is 0 Å². The summed E-state index contributed by atoms with van der Waals surface area (Å²) in [6.45, 7) is 0.508. The average Bonchev–Trinajstić information content (AvgIpc) is 2.47. The summed E-state index contributed by atoms with van der Waals surface area (Å²) >= 11 is 0. The number of carbonyl (C=O) groups excluding carboxylic acids is 1. The van der Waals surface area contributed by atoms with Gasteiger partial charge in [0.2, 0.25) is 0 Å². The van der Waals surface area contributed by atoms with Crippen LogP contribution < -0.4 is 5.32 Å². The Morgan fingerprint density at radius 2 is 2.10 bits per heavy atom. The monoisotopic (exact) mass is 298 g/mol. The van der Waals surface area contributed by atoms with Crippen molar-refractivity contribution in [2.24, 2.45) is 0 Å². The van der Waals surface area contributed by atoms with Gasteiger partial charge in [-0.1, -0.05) is 0 Å². The van der Waals surface area contributed by atoms with Gasteiger partial charge in [-0.15, -0.1) is 0 Å². The third-order valence-electron chi connectivity index (χ3n) is 3.49. The number of ether oxygens (including phenoxy) is 1. The molecule has 0 spiro atoms. The number of nitrogens with zero attached hydrogens (tertiary/aromatic N) is 1. The molecule has 2 N–H and O–H groups in total. The van der Waals surface area contributed by atoms with E-state index in [0.29, 0.717) is 26.1 Å². The summed E-state index contributed by atoms with van der Waals surface area (Å²) in [5, 5.41) is 22.8. The molecule has 114 valence electrons. The lowest BCUT2D eigenvalue weighted by atomic mass is 9.90. The minimum absolute atomic E-state index is 0.152. The molecule has 1 aliphatic heterocycles. The molecule has 1 saturated heterocycles. The van der Waals surface area contributed by atoms with Crippen molar-refractivity contribution in [3.63, 3.8) is 0 Å². The minimum atomic E-state index is -0.862. The van der Waals surface area contributed by atoms with Crippen molar-refractivity contribution < 1.29 is 24.0 Å².